The van der Waals surface area contributed by atoms with Gasteiger partial charge >= 0.3 is 0 Å². The Morgan fingerprint density at radius 3 is 2.77 bits per heavy atom. The molecule has 8 heteroatoms. The molecule has 0 aliphatic rings. The summed E-state index contributed by atoms with van der Waals surface area (Å²) in [5, 5.41) is 1.05. The van der Waals surface area contributed by atoms with Gasteiger partial charge in [-0.15, -0.1) is 0 Å². The number of rotatable bonds is 2. The summed E-state index contributed by atoms with van der Waals surface area (Å²) in [6.07, 6.45) is 4.82. The second kappa shape index (κ2) is 5.33. The average molecular weight is 336 g/mol. The van der Waals surface area contributed by atoms with Crippen molar-refractivity contribution in [3.63, 3.8) is 0 Å². The Kier molecular flexibility index (Phi) is 3.62. The maximum Gasteiger partial charge on any atom is 0.224 e. The van der Waals surface area contributed by atoms with Crippen molar-refractivity contribution in [2.75, 3.05) is 12.5 Å². The van der Waals surface area contributed by atoms with Gasteiger partial charge in [0.25, 0.3) is 0 Å². The second-order valence-corrected chi connectivity index (χ2v) is 8.05. The summed E-state index contributed by atoms with van der Waals surface area (Å²) in [7, 11) is -2.27. The van der Waals surface area contributed by atoms with E-state index in [2.05, 4.69) is 19.3 Å². The van der Waals surface area contributed by atoms with Gasteiger partial charge in [0, 0.05) is 39.5 Å². The van der Waals surface area contributed by atoms with Crippen LogP contribution in [0.1, 0.15) is 5.69 Å². The number of aryl methyl sites for hydroxylation is 1. The quantitative estimate of drug-likeness (QED) is 0.674. The van der Waals surface area contributed by atoms with Crippen molar-refractivity contribution in [1.82, 2.24) is 19.5 Å². The van der Waals surface area contributed by atoms with E-state index >= 15 is 0 Å². The van der Waals surface area contributed by atoms with Gasteiger partial charge in [0.1, 0.15) is 5.82 Å². The molecule has 0 N–H and O–H groups in total. The van der Waals surface area contributed by atoms with E-state index in [9.17, 15) is 4.21 Å². The molecule has 0 radical (unpaired) electrons. The van der Waals surface area contributed by atoms with Crippen LogP contribution in [0.4, 0.5) is 5.82 Å². The molecule has 0 fully saturated rings. The Bertz CT molecular complexity index is 980. The molecule has 0 bridgehead atoms. The summed E-state index contributed by atoms with van der Waals surface area (Å²) in [6.45, 7) is 1.95. The predicted molar refractivity (Wildman–Crippen MR) is 88.5 cm³/mol. The Morgan fingerprint density at radius 1 is 1.27 bits per heavy atom. The summed E-state index contributed by atoms with van der Waals surface area (Å²) >= 11 is 5.89. The topological polar surface area (TPSA) is 73.0 Å². The first-order chi connectivity index (χ1) is 10.3. The highest BCUT2D eigenvalue weighted by molar-refractivity contribution is 7.92. The van der Waals surface area contributed by atoms with Gasteiger partial charge in [-0.05, 0) is 36.7 Å². The fourth-order valence-electron chi connectivity index (χ4n) is 2.20. The smallest absolute Gasteiger partial charge is 0.224 e. The highest BCUT2D eigenvalue weighted by atomic mass is 35.5. The molecular weight excluding hydrogens is 322 g/mol. The molecule has 0 saturated carbocycles. The van der Waals surface area contributed by atoms with E-state index in [-0.39, 0.29) is 5.28 Å². The van der Waals surface area contributed by atoms with Crippen molar-refractivity contribution in [3.8, 4) is 5.82 Å². The van der Waals surface area contributed by atoms with E-state index in [1.807, 2.05) is 29.7 Å². The minimum Gasteiger partial charge on any atom is -0.282 e. The van der Waals surface area contributed by atoms with Crippen LogP contribution in [0.2, 0.25) is 5.28 Å². The third-order valence-corrected chi connectivity index (χ3v) is 3.77. The molecule has 0 amide bonds. The average Bonchev–Trinajstić information content (AvgIpc) is 2.72. The van der Waals surface area contributed by atoms with Crippen LogP contribution >= 0.6 is 11.6 Å². The Labute approximate surface area is 133 Å². The zero-order valence-electron chi connectivity index (χ0n) is 12.3. The maximum absolute atomic E-state index is 11.8. The van der Waals surface area contributed by atoms with Crippen LogP contribution in [-0.4, -0.2) is 36.2 Å². The number of hydrogen-bond donors (Lipinski definition) is 0. The minimum absolute atomic E-state index is 0.179. The van der Waals surface area contributed by atoms with E-state index < -0.39 is 9.73 Å². The third kappa shape index (κ3) is 2.95. The van der Waals surface area contributed by atoms with Gasteiger partial charge in [0.15, 0.2) is 11.5 Å². The van der Waals surface area contributed by atoms with Gasteiger partial charge < -0.3 is 0 Å². The molecule has 3 aromatic heterocycles. The van der Waals surface area contributed by atoms with Crippen molar-refractivity contribution in [1.29, 1.82) is 0 Å². The summed E-state index contributed by atoms with van der Waals surface area (Å²) < 4.78 is 17.8. The SMILES string of the molecule is Cc1cc2cnc(Cl)nc2n1-c1cccc(N=S(C)(C)=O)n1. The number of fused-ring (bicyclic) bond motifs is 1. The molecule has 3 aromatic rings. The van der Waals surface area contributed by atoms with Gasteiger partial charge in [0.05, 0.1) is 0 Å². The molecule has 0 saturated heterocycles. The number of aromatic nitrogens is 4. The lowest BCUT2D eigenvalue weighted by Gasteiger charge is -2.07. The van der Waals surface area contributed by atoms with Crippen LogP contribution < -0.4 is 0 Å². The number of halogens is 1. The predicted octanol–water partition coefficient (Wildman–Crippen LogP) is 3.14. The Balaban J connectivity index is 2.24. The molecule has 6 nitrogen and oxygen atoms in total. The standard InChI is InChI=1S/C14H14ClN5OS/c1-9-7-10-8-16-14(15)18-13(10)20(9)12-6-4-5-11(17-12)19-22(2,3)21/h4-8H,1-3H3. The van der Waals surface area contributed by atoms with E-state index in [1.165, 1.54) is 0 Å². The molecule has 0 aliphatic carbocycles. The number of nitrogens with zero attached hydrogens (tertiary/aromatic N) is 5. The van der Waals surface area contributed by atoms with E-state index in [4.69, 9.17) is 11.6 Å². The largest absolute Gasteiger partial charge is 0.282 e. The van der Waals surface area contributed by atoms with Crippen LogP contribution in [0.15, 0.2) is 34.8 Å². The fourth-order valence-corrected chi connectivity index (χ4v) is 2.88. The first kappa shape index (κ1) is 14.9. The molecule has 114 valence electrons. The maximum atomic E-state index is 11.8. The highest BCUT2D eigenvalue weighted by Crippen LogP contribution is 2.23. The Morgan fingerprint density at radius 2 is 2.05 bits per heavy atom. The van der Waals surface area contributed by atoms with Gasteiger partial charge in [-0.1, -0.05) is 6.07 Å². The van der Waals surface area contributed by atoms with Crippen molar-refractivity contribution in [2.24, 2.45) is 4.36 Å². The number of pyridine rings is 1. The minimum atomic E-state index is -2.27. The molecular formula is C14H14ClN5OS. The molecule has 22 heavy (non-hydrogen) atoms. The molecule has 0 spiro atoms. The van der Waals surface area contributed by atoms with Crippen molar-refractivity contribution >= 4 is 38.2 Å². The molecule has 3 rings (SSSR count). The first-order valence-electron chi connectivity index (χ1n) is 6.49. The van der Waals surface area contributed by atoms with Gasteiger partial charge in [-0.2, -0.15) is 9.35 Å². The van der Waals surface area contributed by atoms with Crippen LogP contribution in [0.25, 0.3) is 16.9 Å². The van der Waals surface area contributed by atoms with Gasteiger partial charge in [0.2, 0.25) is 5.28 Å². The van der Waals surface area contributed by atoms with E-state index in [0.29, 0.717) is 17.3 Å². The van der Waals surface area contributed by atoms with Crippen LogP contribution in [0.3, 0.4) is 0 Å². The lowest BCUT2D eigenvalue weighted by atomic mass is 10.4. The summed E-state index contributed by atoms with van der Waals surface area (Å²) in [6, 6.07) is 7.34. The van der Waals surface area contributed by atoms with Gasteiger partial charge in [-0.25, -0.2) is 14.2 Å². The molecule has 0 atom stereocenters. The van der Waals surface area contributed by atoms with Crippen LogP contribution in [0, 0.1) is 6.92 Å². The summed E-state index contributed by atoms with van der Waals surface area (Å²) in [4.78, 5) is 12.7. The normalized spacial score (nSPS) is 11.8. The lowest BCUT2D eigenvalue weighted by molar-refractivity contribution is 0.684. The van der Waals surface area contributed by atoms with E-state index in [1.54, 1.807) is 24.8 Å². The van der Waals surface area contributed by atoms with Crippen molar-refractivity contribution in [3.05, 3.63) is 41.4 Å². The highest BCUT2D eigenvalue weighted by Gasteiger charge is 2.11. The zero-order valence-corrected chi connectivity index (χ0v) is 13.9. The van der Waals surface area contributed by atoms with Crippen LogP contribution in [-0.2, 0) is 9.73 Å². The molecule has 0 unspecified atom stereocenters. The molecule has 0 aliphatic heterocycles. The van der Waals surface area contributed by atoms with E-state index in [0.717, 1.165) is 11.1 Å². The summed E-state index contributed by atoms with van der Waals surface area (Å²) in [5.74, 6) is 1.07. The molecule has 3 heterocycles. The van der Waals surface area contributed by atoms with Gasteiger partial charge in [-0.3, -0.25) is 4.57 Å². The summed E-state index contributed by atoms with van der Waals surface area (Å²) in [5.41, 5.74) is 1.63. The van der Waals surface area contributed by atoms with Crippen LogP contribution in [0.5, 0.6) is 0 Å². The van der Waals surface area contributed by atoms with Crippen molar-refractivity contribution < 1.29 is 4.21 Å². The first-order valence-corrected chi connectivity index (χ1v) is 9.19. The third-order valence-electron chi connectivity index (χ3n) is 2.96. The fraction of sp³-hybridized carbons (Fsp3) is 0.214. The number of hydrogen-bond acceptors (Lipinski definition) is 5. The monoisotopic (exact) mass is 335 g/mol. The second-order valence-electron chi connectivity index (χ2n) is 5.17. The lowest BCUT2D eigenvalue weighted by Crippen LogP contribution is -2.01. The van der Waals surface area contributed by atoms with Crippen molar-refractivity contribution in [2.45, 2.75) is 6.92 Å². The Hall–Kier alpha value is -1.99. The zero-order chi connectivity index (χ0) is 15.9. The molecule has 0 aromatic carbocycles.